The fourth-order valence-corrected chi connectivity index (χ4v) is 1.86. The van der Waals surface area contributed by atoms with Crippen molar-refractivity contribution in [3.63, 3.8) is 0 Å². The average Bonchev–Trinajstić information content (AvgIpc) is 2.44. The molecule has 0 radical (unpaired) electrons. The summed E-state index contributed by atoms with van der Waals surface area (Å²) >= 11 is 0. The lowest BCUT2D eigenvalue weighted by Crippen LogP contribution is -2.40. The molecule has 1 rings (SSSR count). The number of oxime groups is 1. The van der Waals surface area contributed by atoms with E-state index >= 15 is 0 Å². The maximum Gasteiger partial charge on any atom is 0.231 e. The molecule has 0 spiro atoms. The van der Waals surface area contributed by atoms with Crippen molar-refractivity contribution in [3.05, 3.63) is 35.9 Å². The Kier molecular flexibility index (Phi) is 6.56. The number of carbonyl (C=O) groups excluding carboxylic acids is 1. The summed E-state index contributed by atoms with van der Waals surface area (Å²) in [4.78, 5) is 12.1. The predicted octanol–water partition coefficient (Wildman–Crippen LogP) is 1.75. The Morgan fingerprint density at radius 3 is 2.55 bits per heavy atom. The van der Waals surface area contributed by atoms with Crippen LogP contribution in [0.25, 0.3) is 0 Å². The minimum absolute atomic E-state index is 0.0594. The Morgan fingerprint density at radius 2 is 2.00 bits per heavy atom. The summed E-state index contributed by atoms with van der Waals surface area (Å²) in [7, 11) is 0. The first-order valence-electron chi connectivity index (χ1n) is 6.83. The third-order valence-electron chi connectivity index (χ3n) is 3.09. The number of nitrogens with zero attached hydrogens (tertiary/aromatic N) is 1. The van der Waals surface area contributed by atoms with E-state index in [2.05, 4.69) is 24.3 Å². The number of nitrogens with two attached hydrogens (primary N) is 1. The van der Waals surface area contributed by atoms with Gasteiger partial charge in [-0.3, -0.25) is 4.79 Å². The minimum atomic E-state index is -0.644. The van der Waals surface area contributed by atoms with Crippen LogP contribution < -0.4 is 11.1 Å². The molecule has 1 aromatic carbocycles. The number of hydrogen-bond acceptors (Lipinski definition) is 3. The maximum atomic E-state index is 12.1. The van der Waals surface area contributed by atoms with Crippen LogP contribution in [0, 0.1) is 11.8 Å². The predicted molar refractivity (Wildman–Crippen MR) is 79.5 cm³/mol. The van der Waals surface area contributed by atoms with Crippen molar-refractivity contribution in [3.8, 4) is 0 Å². The van der Waals surface area contributed by atoms with Crippen molar-refractivity contribution in [2.24, 2.45) is 22.7 Å². The topological polar surface area (TPSA) is 87.7 Å². The molecule has 1 unspecified atom stereocenters. The van der Waals surface area contributed by atoms with Gasteiger partial charge in [0.25, 0.3) is 0 Å². The van der Waals surface area contributed by atoms with Crippen LogP contribution in [0.2, 0.25) is 0 Å². The molecule has 0 saturated carbocycles. The van der Waals surface area contributed by atoms with E-state index in [1.807, 2.05) is 30.3 Å². The van der Waals surface area contributed by atoms with Crippen molar-refractivity contribution in [1.29, 1.82) is 0 Å². The summed E-state index contributed by atoms with van der Waals surface area (Å²) in [5.74, 6) is -0.387. The number of hydrogen-bond donors (Lipinski definition) is 3. The smallest absolute Gasteiger partial charge is 0.231 e. The Bertz CT molecular complexity index is 444. The van der Waals surface area contributed by atoms with Crippen LogP contribution in [0.4, 0.5) is 0 Å². The van der Waals surface area contributed by atoms with Gasteiger partial charge in [0.05, 0.1) is 0 Å². The van der Waals surface area contributed by atoms with Gasteiger partial charge in [-0.2, -0.15) is 0 Å². The van der Waals surface area contributed by atoms with Gasteiger partial charge in [-0.25, -0.2) is 0 Å². The van der Waals surface area contributed by atoms with E-state index in [9.17, 15) is 4.79 Å². The Morgan fingerprint density at radius 1 is 1.35 bits per heavy atom. The van der Waals surface area contributed by atoms with Crippen LogP contribution in [0.3, 0.4) is 0 Å². The second kappa shape index (κ2) is 8.19. The second-order valence-electron chi connectivity index (χ2n) is 5.24. The highest BCUT2D eigenvalue weighted by Gasteiger charge is 2.23. The number of rotatable bonds is 7. The molecule has 0 aromatic heterocycles. The van der Waals surface area contributed by atoms with E-state index in [0.717, 1.165) is 12.0 Å². The molecule has 110 valence electrons. The highest BCUT2D eigenvalue weighted by atomic mass is 16.4. The summed E-state index contributed by atoms with van der Waals surface area (Å²) in [6.45, 7) is 4.79. The molecule has 20 heavy (non-hydrogen) atoms. The molecule has 1 aromatic rings. The number of nitrogens with one attached hydrogen (secondary N) is 1. The van der Waals surface area contributed by atoms with Gasteiger partial charge in [0, 0.05) is 6.54 Å². The largest absolute Gasteiger partial charge is 0.409 e. The standard InChI is InChI=1S/C15H23N3O2/c1-11(2)8-9-17-15(19)13(14(16)18-20)10-12-6-4-3-5-7-12/h3-7,11,13,20H,8-10H2,1-2H3,(H2,16,18)(H,17,19). The monoisotopic (exact) mass is 277 g/mol. The first-order valence-corrected chi connectivity index (χ1v) is 6.83. The average molecular weight is 277 g/mol. The molecule has 1 atom stereocenters. The highest BCUT2D eigenvalue weighted by molar-refractivity contribution is 6.02. The quantitative estimate of drug-likeness (QED) is 0.307. The number of carbonyl (C=O) groups is 1. The van der Waals surface area contributed by atoms with Gasteiger partial charge in [0.15, 0.2) is 5.84 Å². The lowest BCUT2D eigenvalue weighted by atomic mass is 9.97. The third-order valence-corrected chi connectivity index (χ3v) is 3.09. The van der Waals surface area contributed by atoms with E-state index in [0.29, 0.717) is 18.9 Å². The first kappa shape index (κ1) is 16.0. The van der Waals surface area contributed by atoms with Gasteiger partial charge >= 0.3 is 0 Å². The number of amides is 1. The zero-order valence-electron chi connectivity index (χ0n) is 12.0. The van der Waals surface area contributed by atoms with Gasteiger partial charge in [0.1, 0.15) is 5.92 Å². The number of benzene rings is 1. The summed E-state index contributed by atoms with van der Waals surface area (Å²) in [6.07, 6.45) is 1.32. The Hall–Kier alpha value is -2.04. The molecule has 0 heterocycles. The summed E-state index contributed by atoms with van der Waals surface area (Å²) in [5.41, 5.74) is 6.61. The zero-order valence-corrected chi connectivity index (χ0v) is 12.0. The van der Waals surface area contributed by atoms with E-state index in [4.69, 9.17) is 10.9 Å². The Balaban J connectivity index is 2.67. The molecule has 1 amide bonds. The van der Waals surface area contributed by atoms with Gasteiger partial charge in [-0.15, -0.1) is 0 Å². The van der Waals surface area contributed by atoms with Gasteiger partial charge in [0.2, 0.25) is 5.91 Å². The molecule has 0 bridgehead atoms. The van der Waals surface area contributed by atoms with Crippen molar-refractivity contribution >= 4 is 11.7 Å². The van der Waals surface area contributed by atoms with Crippen LogP contribution in [0.5, 0.6) is 0 Å². The number of amidine groups is 1. The third kappa shape index (κ3) is 5.30. The highest BCUT2D eigenvalue weighted by Crippen LogP contribution is 2.10. The van der Waals surface area contributed by atoms with E-state index in [1.165, 1.54) is 0 Å². The normalized spacial score (nSPS) is 13.2. The van der Waals surface area contributed by atoms with Crippen LogP contribution >= 0.6 is 0 Å². The van der Waals surface area contributed by atoms with Crippen LogP contribution in [0.1, 0.15) is 25.8 Å². The van der Waals surface area contributed by atoms with Crippen molar-refractivity contribution in [2.75, 3.05) is 6.54 Å². The summed E-state index contributed by atoms with van der Waals surface area (Å²) in [6, 6.07) is 9.54. The fourth-order valence-electron chi connectivity index (χ4n) is 1.86. The molecule has 5 nitrogen and oxygen atoms in total. The van der Waals surface area contributed by atoms with Gasteiger partial charge < -0.3 is 16.3 Å². The summed E-state index contributed by atoms with van der Waals surface area (Å²) < 4.78 is 0. The lowest BCUT2D eigenvalue weighted by molar-refractivity contribution is -0.123. The molecule has 0 aliphatic carbocycles. The summed E-state index contributed by atoms with van der Waals surface area (Å²) in [5, 5.41) is 14.7. The Labute approximate surface area is 119 Å². The molecule has 0 saturated heterocycles. The van der Waals surface area contributed by atoms with Crippen molar-refractivity contribution < 1.29 is 10.0 Å². The minimum Gasteiger partial charge on any atom is -0.409 e. The zero-order chi connectivity index (χ0) is 15.0. The van der Waals surface area contributed by atoms with E-state index in [1.54, 1.807) is 0 Å². The second-order valence-corrected chi connectivity index (χ2v) is 5.24. The van der Waals surface area contributed by atoms with Crippen LogP contribution in [-0.2, 0) is 11.2 Å². The molecular weight excluding hydrogens is 254 g/mol. The fraction of sp³-hybridized carbons (Fsp3) is 0.467. The van der Waals surface area contributed by atoms with Crippen LogP contribution in [-0.4, -0.2) is 23.5 Å². The molecule has 5 heteroatoms. The molecule has 4 N–H and O–H groups in total. The van der Waals surface area contributed by atoms with Gasteiger partial charge in [-0.05, 0) is 24.3 Å². The molecular formula is C15H23N3O2. The SMILES string of the molecule is CC(C)CCNC(=O)C(Cc1ccccc1)C(N)=NO. The molecule has 0 fully saturated rings. The molecule has 0 aliphatic rings. The van der Waals surface area contributed by atoms with E-state index in [-0.39, 0.29) is 11.7 Å². The van der Waals surface area contributed by atoms with Crippen LogP contribution in [0.15, 0.2) is 35.5 Å². The van der Waals surface area contributed by atoms with Gasteiger partial charge in [-0.1, -0.05) is 49.3 Å². The lowest BCUT2D eigenvalue weighted by Gasteiger charge is -2.16. The van der Waals surface area contributed by atoms with Crippen molar-refractivity contribution in [1.82, 2.24) is 5.32 Å². The molecule has 0 aliphatic heterocycles. The maximum absolute atomic E-state index is 12.1. The first-order chi connectivity index (χ1) is 9.54. The van der Waals surface area contributed by atoms with Crippen molar-refractivity contribution in [2.45, 2.75) is 26.7 Å². The van der Waals surface area contributed by atoms with E-state index < -0.39 is 5.92 Å².